The Morgan fingerprint density at radius 1 is 1.21 bits per heavy atom. The number of aromatic nitrogens is 4. The molecular formula is C21H25N5O2. The number of fused-ring (bicyclic) bond motifs is 1. The van der Waals surface area contributed by atoms with Gasteiger partial charge in [0.05, 0.1) is 6.10 Å². The summed E-state index contributed by atoms with van der Waals surface area (Å²) in [6.07, 6.45) is 7.57. The summed E-state index contributed by atoms with van der Waals surface area (Å²) < 4.78 is 7.67. The molecule has 0 spiro atoms. The topological polar surface area (TPSA) is 81.4 Å². The van der Waals surface area contributed by atoms with Gasteiger partial charge < -0.3 is 10.1 Å². The number of nitrogens with zero attached hydrogens (tertiary/aromatic N) is 4. The molecule has 1 aliphatic carbocycles. The van der Waals surface area contributed by atoms with E-state index in [1.165, 1.54) is 19.2 Å². The van der Waals surface area contributed by atoms with Crippen LogP contribution in [0.5, 0.6) is 5.75 Å². The van der Waals surface area contributed by atoms with Crippen LogP contribution in [0.3, 0.4) is 0 Å². The Balaban J connectivity index is 1.34. The second-order valence-corrected chi connectivity index (χ2v) is 7.33. The predicted octanol–water partition coefficient (Wildman–Crippen LogP) is 3.63. The first kappa shape index (κ1) is 18.4. The molecule has 0 aliphatic heterocycles. The van der Waals surface area contributed by atoms with E-state index >= 15 is 0 Å². The van der Waals surface area contributed by atoms with Gasteiger partial charge in [0.1, 0.15) is 12.1 Å². The first-order valence-corrected chi connectivity index (χ1v) is 9.82. The maximum atomic E-state index is 12.4. The van der Waals surface area contributed by atoms with Crippen molar-refractivity contribution in [2.24, 2.45) is 0 Å². The molecule has 0 bridgehead atoms. The molecule has 7 heteroatoms. The van der Waals surface area contributed by atoms with E-state index in [1.54, 1.807) is 4.52 Å². The summed E-state index contributed by atoms with van der Waals surface area (Å²) in [7, 11) is 0. The van der Waals surface area contributed by atoms with Crippen molar-refractivity contribution in [2.45, 2.75) is 58.5 Å². The van der Waals surface area contributed by atoms with E-state index in [2.05, 4.69) is 20.4 Å². The van der Waals surface area contributed by atoms with E-state index < -0.39 is 0 Å². The number of benzene rings is 1. The zero-order valence-electron chi connectivity index (χ0n) is 16.3. The molecule has 1 amide bonds. The number of carbonyl (C=O) groups excluding carboxylic acids is 1. The molecule has 1 aromatic carbocycles. The van der Waals surface area contributed by atoms with Gasteiger partial charge in [0.15, 0.2) is 0 Å². The number of carbonyl (C=O) groups is 1. The van der Waals surface area contributed by atoms with Crippen LogP contribution < -0.4 is 10.1 Å². The summed E-state index contributed by atoms with van der Waals surface area (Å²) in [5, 5.41) is 7.14. The molecule has 1 saturated carbocycles. The maximum Gasteiger partial charge on any atom is 0.252 e. The molecule has 146 valence electrons. The fourth-order valence-corrected chi connectivity index (χ4v) is 3.79. The summed E-state index contributed by atoms with van der Waals surface area (Å²) in [6, 6.07) is 7.62. The molecule has 2 heterocycles. The van der Waals surface area contributed by atoms with Crippen LogP contribution >= 0.6 is 0 Å². The van der Waals surface area contributed by atoms with Gasteiger partial charge in [-0.3, -0.25) is 4.79 Å². The molecule has 0 saturated heterocycles. The lowest BCUT2D eigenvalue weighted by Gasteiger charge is -2.13. The highest BCUT2D eigenvalue weighted by molar-refractivity contribution is 5.90. The van der Waals surface area contributed by atoms with E-state index in [0.29, 0.717) is 24.7 Å². The van der Waals surface area contributed by atoms with E-state index in [-0.39, 0.29) is 5.91 Å². The van der Waals surface area contributed by atoms with Crippen LogP contribution in [0.2, 0.25) is 0 Å². The second kappa shape index (κ2) is 7.96. The number of hydrogen-bond acceptors (Lipinski definition) is 5. The first-order chi connectivity index (χ1) is 13.6. The van der Waals surface area contributed by atoms with Crippen LogP contribution in [0.25, 0.3) is 5.78 Å². The van der Waals surface area contributed by atoms with Gasteiger partial charge in [-0.05, 0) is 75.8 Å². The van der Waals surface area contributed by atoms with E-state index in [0.717, 1.165) is 41.2 Å². The van der Waals surface area contributed by atoms with Gasteiger partial charge in [0, 0.05) is 23.5 Å². The minimum Gasteiger partial charge on any atom is -0.490 e. The number of anilines is 1. The van der Waals surface area contributed by atoms with Gasteiger partial charge in [-0.1, -0.05) is 0 Å². The minimum atomic E-state index is -0.0260. The Morgan fingerprint density at radius 2 is 1.96 bits per heavy atom. The zero-order valence-corrected chi connectivity index (χ0v) is 16.3. The normalized spacial score (nSPS) is 14.5. The molecule has 0 atom stereocenters. The van der Waals surface area contributed by atoms with Crippen molar-refractivity contribution in [1.29, 1.82) is 0 Å². The van der Waals surface area contributed by atoms with Gasteiger partial charge in [-0.25, -0.2) is 9.50 Å². The van der Waals surface area contributed by atoms with Gasteiger partial charge in [-0.15, -0.1) is 0 Å². The standard InChI is InChI=1S/C21H25N5O2/c1-14-19(15(2)26-21(24-14)22-13-23-26)11-12-20(27)25-16-7-9-18(10-8-16)28-17-5-3-4-6-17/h7-10,13,17H,3-6,11-12H2,1-2H3,(H,25,27). The van der Waals surface area contributed by atoms with Gasteiger partial charge in [0.2, 0.25) is 5.91 Å². The summed E-state index contributed by atoms with van der Waals surface area (Å²) in [5.41, 5.74) is 3.68. The molecule has 0 unspecified atom stereocenters. The summed E-state index contributed by atoms with van der Waals surface area (Å²) >= 11 is 0. The lowest BCUT2D eigenvalue weighted by Crippen LogP contribution is -2.14. The average molecular weight is 379 g/mol. The number of rotatable bonds is 6. The lowest BCUT2D eigenvalue weighted by molar-refractivity contribution is -0.116. The Morgan fingerprint density at radius 3 is 2.71 bits per heavy atom. The smallest absolute Gasteiger partial charge is 0.252 e. The van der Waals surface area contributed by atoms with E-state index in [1.807, 2.05) is 38.1 Å². The van der Waals surface area contributed by atoms with Crippen molar-refractivity contribution in [3.05, 3.63) is 47.5 Å². The molecule has 4 rings (SSSR count). The molecule has 1 aliphatic rings. The third-order valence-corrected chi connectivity index (χ3v) is 5.33. The highest BCUT2D eigenvalue weighted by atomic mass is 16.5. The van der Waals surface area contributed by atoms with Crippen molar-refractivity contribution < 1.29 is 9.53 Å². The maximum absolute atomic E-state index is 12.4. The number of hydrogen-bond donors (Lipinski definition) is 1. The molecule has 2 aromatic heterocycles. The fourth-order valence-electron chi connectivity index (χ4n) is 3.79. The first-order valence-electron chi connectivity index (χ1n) is 9.82. The summed E-state index contributed by atoms with van der Waals surface area (Å²) in [4.78, 5) is 21.0. The van der Waals surface area contributed by atoms with Crippen LogP contribution in [0.1, 0.15) is 49.1 Å². The van der Waals surface area contributed by atoms with E-state index in [4.69, 9.17) is 4.74 Å². The Bertz CT molecular complexity index is 974. The summed E-state index contributed by atoms with van der Waals surface area (Å²) in [6.45, 7) is 3.92. The highest BCUT2D eigenvalue weighted by Crippen LogP contribution is 2.25. The van der Waals surface area contributed by atoms with Gasteiger partial charge in [-0.2, -0.15) is 10.1 Å². The number of ether oxygens (including phenoxy) is 1. The largest absolute Gasteiger partial charge is 0.490 e. The van der Waals surface area contributed by atoms with Crippen LogP contribution in [0.15, 0.2) is 30.6 Å². The highest BCUT2D eigenvalue weighted by Gasteiger charge is 2.16. The number of aryl methyl sites for hydroxylation is 2. The van der Waals surface area contributed by atoms with E-state index in [9.17, 15) is 4.79 Å². The van der Waals surface area contributed by atoms with Crippen molar-refractivity contribution in [2.75, 3.05) is 5.32 Å². The summed E-state index contributed by atoms with van der Waals surface area (Å²) in [5.74, 6) is 1.42. The lowest BCUT2D eigenvalue weighted by atomic mass is 10.1. The third-order valence-electron chi connectivity index (χ3n) is 5.33. The molecule has 3 aromatic rings. The number of nitrogens with one attached hydrogen (secondary N) is 1. The zero-order chi connectivity index (χ0) is 19.5. The monoisotopic (exact) mass is 379 g/mol. The molecular weight excluding hydrogens is 354 g/mol. The average Bonchev–Trinajstić information content (AvgIpc) is 3.35. The third kappa shape index (κ3) is 3.98. The quantitative estimate of drug-likeness (QED) is 0.707. The van der Waals surface area contributed by atoms with Crippen molar-refractivity contribution in [1.82, 2.24) is 19.6 Å². The molecule has 0 radical (unpaired) electrons. The van der Waals surface area contributed by atoms with Crippen molar-refractivity contribution in [3.63, 3.8) is 0 Å². The van der Waals surface area contributed by atoms with Crippen LogP contribution in [-0.2, 0) is 11.2 Å². The molecule has 1 N–H and O–H groups in total. The molecule has 28 heavy (non-hydrogen) atoms. The minimum absolute atomic E-state index is 0.0260. The molecule has 7 nitrogen and oxygen atoms in total. The van der Waals surface area contributed by atoms with Gasteiger partial charge in [0.25, 0.3) is 5.78 Å². The fraction of sp³-hybridized carbons (Fsp3) is 0.429. The van der Waals surface area contributed by atoms with Crippen LogP contribution in [-0.4, -0.2) is 31.6 Å². The molecule has 1 fully saturated rings. The van der Waals surface area contributed by atoms with Gasteiger partial charge >= 0.3 is 0 Å². The Hall–Kier alpha value is -2.96. The number of amides is 1. The second-order valence-electron chi connectivity index (χ2n) is 7.33. The van der Waals surface area contributed by atoms with Crippen LogP contribution in [0, 0.1) is 13.8 Å². The SMILES string of the molecule is Cc1nc2ncnn2c(C)c1CCC(=O)Nc1ccc(OC2CCCC2)cc1. The Kier molecular flexibility index (Phi) is 5.23. The van der Waals surface area contributed by atoms with Crippen LogP contribution in [0.4, 0.5) is 5.69 Å². The Labute approximate surface area is 164 Å². The van der Waals surface area contributed by atoms with Crippen molar-refractivity contribution >= 4 is 17.4 Å². The predicted molar refractivity (Wildman–Crippen MR) is 107 cm³/mol. The van der Waals surface area contributed by atoms with Crippen molar-refractivity contribution in [3.8, 4) is 5.75 Å².